The van der Waals surface area contributed by atoms with Crippen LogP contribution in [0.3, 0.4) is 0 Å². The summed E-state index contributed by atoms with van der Waals surface area (Å²) in [5, 5.41) is 0. The Labute approximate surface area is 87.9 Å². The maximum absolute atomic E-state index is 5.74. The third-order valence-electron chi connectivity index (χ3n) is 2.79. The lowest BCUT2D eigenvalue weighted by atomic mass is 10.0. The minimum atomic E-state index is 0.249. The Balaban J connectivity index is 2.99. The van der Waals surface area contributed by atoms with Gasteiger partial charge in [-0.15, -0.1) is 0 Å². The monoisotopic (exact) mass is 197 g/mol. The normalized spacial score (nSPS) is 28.5. The average molecular weight is 197 g/mol. The first-order valence-electron chi connectivity index (χ1n) is 5.52. The van der Waals surface area contributed by atoms with E-state index in [1.165, 1.54) is 11.3 Å². The Hall–Kier alpha value is -0.500. The lowest BCUT2D eigenvalue weighted by Crippen LogP contribution is -2.49. The third-order valence-corrected chi connectivity index (χ3v) is 2.79. The van der Waals surface area contributed by atoms with Gasteiger partial charge in [0.05, 0.1) is 12.7 Å². The Morgan fingerprint density at radius 1 is 1.36 bits per heavy atom. The summed E-state index contributed by atoms with van der Waals surface area (Å²) in [4.78, 5) is 2.49. The number of rotatable bonds is 1. The zero-order chi connectivity index (χ0) is 10.9. The summed E-state index contributed by atoms with van der Waals surface area (Å²) in [5.74, 6) is 0. The highest BCUT2D eigenvalue weighted by atomic mass is 16.5. The molecule has 2 atom stereocenters. The summed E-state index contributed by atoms with van der Waals surface area (Å²) in [6, 6.07) is 1.05. The van der Waals surface area contributed by atoms with E-state index in [0.29, 0.717) is 12.1 Å². The molecule has 82 valence electrons. The van der Waals surface area contributed by atoms with Crippen LogP contribution in [0.25, 0.3) is 0 Å². The molecule has 0 radical (unpaired) electrons. The van der Waals surface area contributed by atoms with Gasteiger partial charge in [0.1, 0.15) is 0 Å². The van der Waals surface area contributed by atoms with Gasteiger partial charge < -0.3 is 9.64 Å². The van der Waals surface area contributed by atoms with Gasteiger partial charge in [0.15, 0.2) is 0 Å². The molecular weight excluding hydrogens is 174 g/mol. The van der Waals surface area contributed by atoms with E-state index in [0.717, 1.165) is 6.61 Å². The smallest absolute Gasteiger partial charge is 0.0943 e. The first-order chi connectivity index (χ1) is 6.45. The molecule has 0 aromatic carbocycles. The number of nitrogens with zero attached hydrogens (tertiary/aromatic N) is 1. The average Bonchev–Trinajstić information content (AvgIpc) is 2.07. The Bertz CT molecular complexity index is 228. The second-order valence-corrected chi connectivity index (χ2v) is 4.71. The van der Waals surface area contributed by atoms with Crippen molar-refractivity contribution in [3.8, 4) is 0 Å². The molecule has 0 saturated carbocycles. The second kappa shape index (κ2) is 4.35. The van der Waals surface area contributed by atoms with Crippen LogP contribution < -0.4 is 0 Å². The number of ether oxygens (including phenoxy) is 1. The molecule has 0 spiro atoms. The van der Waals surface area contributed by atoms with Gasteiger partial charge in [-0.25, -0.2) is 0 Å². The molecule has 14 heavy (non-hydrogen) atoms. The van der Waals surface area contributed by atoms with Crippen molar-refractivity contribution >= 4 is 0 Å². The molecule has 1 rings (SSSR count). The van der Waals surface area contributed by atoms with E-state index in [-0.39, 0.29) is 6.10 Å². The number of hydrogen-bond donors (Lipinski definition) is 0. The van der Waals surface area contributed by atoms with Crippen LogP contribution >= 0.6 is 0 Å². The second-order valence-electron chi connectivity index (χ2n) is 4.71. The number of morpholine rings is 1. The highest BCUT2D eigenvalue weighted by Gasteiger charge is 2.29. The van der Waals surface area contributed by atoms with E-state index < -0.39 is 0 Å². The van der Waals surface area contributed by atoms with E-state index in [4.69, 9.17) is 4.74 Å². The maximum Gasteiger partial charge on any atom is 0.0943 e. The van der Waals surface area contributed by atoms with Crippen LogP contribution in [0.2, 0.25) is 0 Å². The SMILES string of the molecule is CC(C)=C1C(C)OCC(C)N1C(C)C. The summed E-state index contributed by atoms with van der Waals surface area (Å²) < 4.78 is 5.74. The largest absolute Gasteiger partial charge is 0.370 e. The van der Waals surface area contributed by atoms with E-state index in [1.807, 2.05) is 0 Å². The van der Waals surface area contributed by atoms with Crippen LogP contribution in [0, 0.1) is 0 Å². The van der Waals surface area contributed by atoms with Gasteiger partial charge in [0.2, 0.25) is 0 Å². The Kier molecular flexibility index (Phi) is 3.59. The molecular formula is C12H23NO. The number of hydrogen-bond acceptors (Lipinski definition) is 2. The molecule has 0 amide bonds. The Morgan fingerprint density at radius 3 is 2.29 bits per heavy atom. The predicted octanol–water partition coefficient (Wildman–Crippen LogP) is 2.80. The van der Waals surface area contributed by atoms with Crippen molar-refractivity contribution < 1.29 is 4.74 Å². The van der Waals surface area contributed by atoms with Gasteiger partial charge in [0.25, 0.3) is 0 Å². The summed E-state index contributed by atoms with van der Waals surface area (Å²) in [5.41, 5.74) is 2.75. The van der Waals surface area contributed by atoms with Crippen molar-refractivity contribution in [2.75, 3.05) is 6.61 Å². The van der Waals surface area contributed by atoms with Crippen LogP contribution in [-0.4, -0.2) is 29.7 Å². The fourth-order valence-electron chi connectivity index (χ4n) is 2.34. The third kappa shape index (κ3) is 2.11. The zero-order valence-corrected chi connectivity index (χ0v) is 10.3. The van der Waals surface area contributed by atoms with Crippen LogP contribution in [0.15, 0.2) is 11.3 Å². The van der Waals surface area contributed by atoms with Crippen molar-refractivity contribution in [3.05, 3.63) is 11.3 Å². The minimum Gasteiger partial charge on any atom is -0.370 e. The highest BCUT2D eigenvalue weighted by Crippen LogP contribution is 2.27. The standard InChI is InChI=1S/C12H23NO/c1-8(2)12-11(6)14-7-10(5)13(12)9(3)4/h9-11H,7H2,1-6H3. The topological polar surface area (TPSA) is 12.5 Å². The molecule has 1 fully saturated rings. The number of allylic oxidation sites excluding steroid dienone is 1. The summed E-state index contributed by atoms with van der Waals surface area (Å²) in [6.45, 7) is 14.1. The summed E-state index contributed by atoms with van der Waals surface area (Å²) in [7, 11) is 0. The maximum atomic E-state index is 5.74. The van der Waals surface area contributed by atoms with Crippen LogP contribution in [-0.2, 0) is 4.74 Å². The van der Waals surface area contributed by atoms with Gasteiger partial charge in [-0.2, -0.15) is 0 Å². The van der Waals surface area contributed by atoms with Crippen molar-refractivity contribution in [2.45, 2.75) is 59.7 Å². The molecule has 1 saturated heterocycles. The summed E-state index contributed by atoms with van der Waals surface area (Å²) >= 11 is 0. The van der Waals surface area contributed by atoms with Gasteiger partial charge in [-0.05, 0) is 41.5 Å². The van der Waals surface area contributed by atoms with Crippen molar-refractivity contribution in [1.29, 1.82) is 0 Å². The van der Waals surface area contributed by atoms with Crippen molar-refractivity contribution in [2.24, 2.45) is 0 Å². The lowest BCUT2D eigenvalue weighted by molar-refractivity contribution is -0.0256. The van der Waals surface area contributed by atoms with Crippen LogP contribution in [0.5, 0.6) is 0 Å². The fraction of sp³-hybridized carbons (Fsp3) is 0.833. The fourth-order valence-corrected chi connectivity index (χ4v) is 2.34. The molecule has 2 heteroatoms. The molecule has 1 aliphatic rings. The molecule has 0 N–H and O–H groups in total. The molecule has 0 bridgehead atoms. The molecule has 2 unspecified atom stereocenters. The van der Waals surface area contributed by atoms with Gasteiger partial charge >= 0.3 is 0 Å². The van der Waals surface area contributed by atoms with E-state index in [1.54, 1.807) is 0 Å². The first kappa shape index (κ1) is 11.6. The highest BCUT2D eigenvalue weighted by molar-refractivity contribution is 5.16. The molecule has 1 heterocycles. The quantitative estimate of drug-likeness (QED) is 0.641. The summed E-state index contributed by atoms with van der Waals surface area (Å²) in [6.07, 6.45) is 0.249. The van der Waals surface area contributed by atoms with Crippen LogP contribution in [0.4, 0.5) is 0 Å². The zero-order valence-electron chi connectivity index (χ0n) is 10.3. The van der Waals surface area contributed by atoms with Crippen LogP contribution in [0.1, 0.15) is 41.5 Å². The van der Waals surface area contributed by atoms with Gasteiger partial charge in [-0.3, -0.25) is 0 Å². The van der Waals surface area contributed by atoms with Crippen molar-refractivity contribution in [1.82, 2.24) is 4.90 Å². The van der Waals surface area contributed by atoms with Gasteiger partial charge in [-0.1, -0.05) is 5.57 Å². The Morgan fingerprint density at radius 2 is 1.93 bits per heavy atom. The molecule has 2 nitrogen and oxygen atoms in total. The predicted molar refractivity (Wildman–Crippen MR) is 60.2 cm³/mol. The molecule has 1 aliphatic heterocycles. The molecule has 0 aromatic heterocycles. The lowest BCUT2D eigenvalue weighted by Gasteiger charge is -2.44. The van der Waals surface area contributed by atoms with Crippen molar-refractivity contribution in [3.63, 3.8) is 0 Å². The van der Waals surface area contributed by atoms with E-state index >= 15 is 0 Å². The first-order valence-corrected chi connectivity index (χ1v) is 5.52. The molecule has 0 aliphatic carbocycles. The van der Waals surface area contributed by atoms with E-state index in [2.05, 4.69) is 46.4 Å². The minimum absolute atomic E-state index is 0.249. The van der Waals surface area contributed by atoms with E-state index in [9.17, 15) is 0 Å². The van der Waals surface area contributed by atoms with Gasteiger partial charge in [0, 0.05) is 17.8 Å². The molecule has 0 aromatic rings.